The van der Waals surface area contributed by atoms with Crippen LogP contribution in [0.5, 0.6) is 0 Å². The van der Waals surface area contributed by atoms with Crippen LogP contribution in [0, 0.1) is 9.49 Å². The molecule has 1 aromatic rings. The van der Waals surface area contributed by atoms with Crippen molar-refractivity contribution in [2.75, 3.05) is 0 Å². The van der Waals surface area contributed by atoms with Gasteiger partial charge in [0.2, 0.25) is 0 Å². The minimum atomic E-state index is -0.958. The van der Waals surface area contributed by atoms with E-state index < -0.39 is 12.0 Å². The van der Waals surface area contributed by atoms with E-state index in [2.05, 4.69) is 27.9 Å². The normalized spacial score (nSPS) is 16.1. The van der Waals surface area contributed by atoms with E-state index in [1.54, 1.807) is 18.2 Å². The summed E-state index contributed by atoms with van der Waals surface area (Å²) < 4.78 is 0.953. The van der Waals surface area contributed by atoms with Gasteiger partial charge >= 0.3 is 5.97 Å². The summed E-state index contributed by atoms with van der Waals surface area (Å²) in [7, 11) is 0. The molecule has 0 bridgehead atoms. The number of halogens is 1. The first-order chi connectivity index (χ1) is 8.56. The highest BCUT2D eigenvalue weighted by Crippen LogP contribution is 2.33. The first kappa shape index (κ1) is 13.3. The van der Waals surface area contributed by atoms with Gasteiger partial charge < -0.3 is 10.4 Å². The molecule has 1 fully saturated rings. The molecule has 0 heterocycles. The van der Waals surface area contributed by atoms with Gasteiger partial charge in [0, 0.05) is 9.13 Å². The molecule has 5 heteroatoms. The third-order valence-corrected chi connectivity index (χ3v) is 3.63. The predicted octanol–water partition coefficient (Wildman–Crippen LogP) is 2.27. The highest BCUT2D eigenvalue weighted by Gasteiger charge is 2.30. The number of hydrogen-bond donors (Lipinski definition) is 2. The van der Waals surface area contributed by atoms with Gasteiger partial charge in [0.15, 0.2) is 0 Å². The molecule has 96 valence electrons. The van der Waals surface area contributed by atoms with Crippen molar-refractivity contribution in [1.29, 1.82) is 0 Å². The summed E-state index contributed by atoms with van der Waals surface area (Å²) in [5.74, 6) is -0.815. The lowest BCUT2D eigenvalue weighted by Crippen LogP contribution is -2.41. The summed E-state index contributed by atoms with van der Waals surface area (Å²) in [6.07, 6.45) is 2.68. The minimum Gasteiger partial charge on any atom is -0.480 e. The molecule has 1 aromatic carbocycles. The maximum absolute atomic E-state index is 11.9. The second-order valence-electron chi connectivity index (χ2n) is 4.55. The first-order valence-corrected chi connectivity index (χ1v) is 6.93. The second kappa shape index (κ2) is 5.69. The predicted molar refractivity (Wildman–Crippen MR) is 75.4 cm³/mol. The zero-order valence-electron chi connectivity index (χ0n) is 9.73. The summed E-state index contributed by atoms with van der Waals surface area (Å²) in [6.45, 7) is 0. The van der Waals surface area contributed by atoms with Crippen molar-refractivity contribution in [3.63, 3.8) is 0 Å². The van der Waals surface area contributed by atoms with Gasteiger partial charge in [0.1, 0.15) is 6.04 Å². The Morgan fingerprint density at radius 1 is 1.44 bits per heavy atom. The number of aliphatic carboxylic acids is 1. The summed E-state index contributed by atoms with van der Waals surface area (Å²) in [5.41, 5.74) is 0.504. The van der Waals surface area contributed by atoms with Crippen LogP contribution >= 0.6 is 22.6 Å². The van der Waals surface area contributed by atoms with E-state index in [-0.39, 0.29) is 5.91 Å². The van der Waals surface area contributed by atoms with Gasteiger partial charge in [0.05, 0.1) is 0 Å². The van der Waals surface area contributed by atoms with Crippen molar-refractivity contribution in [3.05, 3.63) is 33.4 Å². The molecule has 18 heavy (non-hydrogen) atoms. The molecule has 0 aliphatic heterocycles. The number of benzene rings is 1. The number of carboxylic acid groups (broad SMARTS) is 1. The van der Waals surface area contributed by atoms with Crippen LogP contribution in [0.25, 0.3) is 0 Å². The van der Waals surface area contributed by atoms with Crippen molar-refractivity contribution in [1.82, 2.24) is 5.32 Å². The van der Waals surface area contributed by atoms with Crippen LogP contribution in [-0.2, 0) is 4.79 Å². The van der Waals surface area contributed by atoms with Crippen molar-refractivity contribution < 1.29 is 14.7 Å². The van der Waals surface area contributed by atoms with E-state index in [0.717, 1.165) is 16.4 Å². The lowest BCUT2D eigenvalue weighted by Gasteiger charge is -2.14. The lowest BCUT2D eigenvalue weighted by molar-refractivity contribution is -0.139. The maximum atomic E-state index is 11.9. The van der Waals surface area contributed by atoms with Gasteiger partial charge in [-0.3, -0.25) is 4.79 Å². The molecule has 1 saturated carbocycles. The average Bonchev–Trinajstić information content (AvgIpc) is 3.12. The Morgan fingerprint density at radius 3 is 2.72 bits per heavy atom. The van der Waals surface area contributed by atoms with Gasteiger partial charge in [-0.1, -0.05) is 18.9 Å². The second-order valence-corrected chi connectivity index (χ2v) is 5.80. The quantitative estimate of drug-likeness (QED) is 0.793. The Hall–Kier alpha value is -1.11. The molecule has 0 aromatic heterocycles. The van der Waals surface area contributed by atoms with Gasteiger partial charge in [-0.15, -0.1) is 0 Å². The van der Waals surface area contributed by atoms with E-state index in [9.17, 15) is 9.59 Å². The molecule has 1 atom stereocenters. The molecular weight excluding hydrogens is 345 g/mol. The Bertz CT molecular complexity index is 471. The van der Waals surface area contributed by atoms with E-state index >= 15 is 0 Å². The smallest absolute Gasteiger partial charge is 0.326 e. The average molecular weight is 359 g/mol. The fourth-order valence-corrected chi connectivity index (χ4v) is 2.32. The molecule has 1 aliphatic rings. The molecule has 1 unspecified atom stereocenters. The van der Waals surface area contributed by atoms with E-state index in [1.807, 2.05) is 6.07 Å². The Morgan fingerprint density at radius 2 is 2.17 bits per heavy atom. The monoisotopic (exact) mass is 359 g/mol. The SMILES string of the molecule is O=C(NC(CC1CC1)C(=O)O)c1cccc(I)c1. The standard InChI is InChI=1S/C13H14INO3/c14-10-3-1-2-9(7-10)12(16)15-11(13(17)18)6-8-4-5-8/h1-3,7-8,11H,4-6H2,(H,15,16)(H,17,18). The van der Waals surface area contributed by atoms with Gasteiger partial charge in [-0.05, 0) is 53.1 Å². The largest absolute Gasteiger partial charge is 0.480 e. The number of hydrogen-bond acceptors (Lipinski definition) is 2. The van der Waals surface area contributed by atoms with Crippen molar-refractivity contribution >= 4 is 34.5 Å². The Balaban J connectivity index is 2.01. The number of carbonyl (C=O) groups is 2. The zero-order valence-corrected chi connectivity index (χ0v) is 11.9. The molecule has 0 radical (unpaired) electrons. The van der Waals surface area contributed by atoms with Crippen molar-refractivity contribution in [3.8, 4) is 0 Å². The number of amides is 1. The molecule has 4 nitrogen and oxygen atoms in total. The van der Waals surface area contributed by atoms with E-state index in [4.69, 9.17) is 5.11 Å². The summed E-state index contributed by atoms with van der Waals surface area (Å²) in [4.78, 5) is 23.0. The highest BCUT2D eigenvalue weighted by molar-refractivity contribution is 14.1. The fraction of sp³-hybridized carbons (Fsp3) is 0.385. The molecule has 1 amide bonds. The maximum Gasteiger partial charge on any atom is 0.326 e. The van der Waals surface area contributed by atoms with Crippen LogP contribution in [0.4, 0.5) is 0 Å². The van der Waals surface area contributed by atoms with Crippen molar-refractivity contribution in [2.45, 2.75) is 25.3 Å². The van der Waals surface area contributed by atoms with E-state index in [1.165, 1.54) is 0 Å². The van der Waals surface area contributed by atoms with Crippen LogP contribution in [0.1, 0.15) is 29.6 Å². The number of rotatable bonds is 5. The topological polar surface area (TPSA) is 66.4 Å². The van der Waals surface area contributed by atoms with Crippen LogP contribution < -0.4 is 5.32 Å². The molecular formula is C13H14INO3. The van der Waals surface area contributed by atoms with Crippen LogP contribution in [0.2, 0.25) is 0 Å². The number of carboxylic acids is 1. The molecule has 0 spiro atoms. The summed E-state index contributed by atoms with van der Waals surface area (Å²) >= 11 is 2.12. The molecule has 0 saturated heterocycles. The van der Waals surface area contributed by atoms with Gasteiger partial charge in [-0.2, -0.15) is 0 Å². The molecule has 2 rings (SSSR count). The molecule has 1 aliphatic carbocycles. The number of nitrogens with one attached hydrogen (secondary N) is 1. The van der Waals surface area contributed by atoms with Crippen molar-refractivity contribution in [2.24, 2.45) is 5.92 Å². The highest BCUT2D eigenvalue weighted by atomic mass is 127. The Kier molecular flexibility index (Phi) is 4.21. The van der Waals surface area contributed by atoms with Crippen LogP contribution in [-0.4, -0.2) is 23.0 Å². The first-order valence-electron chi connectivity index (χ1n) is 5.85. The summed E-state index contributed by atoms with van der Waals surface area (Å²) in [5, 5.41) is 11.7. The van der Waals surface area contributed by atoms with Gasteiger partial charge in [0.25, 0.3) is 5.91 Å². The zero-order chi connectivity index (χ0) is 13.1. The van der Waals surface area contributed by atoms with Crippen LogP contribution in [0.15, 0.2) is 24.3 Å². The third-order valence-electron chi connectivity index (χ3n) is 2.96. The minimum absolute atomic E-state index is 0.318. The number of carbonyl (C=O) groups excluding carboxylic acids is 1. The van der Waals surface area contributed by atoms with Gasteiger partial charge in [-0.25, -0.2) is 4.79 Å². The Labute approximate surface area is 119 Å². The van der Waals surface area contributed by atoms with E-state index in [0.29, 0.717) is 17.9 Å². The third kappa shape index (κ3) is 3.69. The summed E-state index contributed by atoms with van der Waals surface area (Å²) in [6, 6.07) is 6.33. The fourth-order valence-electron chi connectivity index (χ4n) is 1.78. The van der Waals surface area contributed by atoms with Crippen LogP contribution in [0.3, 0.4) is 0 Å². The molecule has 2 N–H and O–H groups in total. The lowest BCUT2D eigenvalue weighted by atomic mass is 10.1.